The molecule has 136 valence electrons. The SMILES string of the molecule is Cn1c(=O)c2ccccc2c2c(OCCCN3CCCCC3)cccc21. The van der Waals surface area contributed by atoms with Crippen molar-refractivity contribution in [3.05, 3.63) is 52.8 Å². The quantitative estimate of drug-likeness (QED) is 0.516. The number of nitrogens with zero attached hydrogens (tertiary/aromatic N) is 2. The van der Waals surface area contributed by atoms with Crippen LogP contribution in [0.3, 0.4) is 0 Å². The molecule has 0 unspecified atom stereocenters. The van der Waals surface area contributed by atoms with Gasteiger partial charge in [-0.15, -0.1) is 0 Å². The molecule has 26 heavy (non-hydrogen) atoms. The van der Waals surface area contributed by atoms with Gasteiger partial charge in [-0.05, 0) is 50.6 Å². The third-order valence-electron chi connectivity index (χ3n) is 5.42. The minimum Gasteiger partial charge on any atom is -0.493 e. The Bertz CT molecular complexity index is 971. The van der Waals surface area contributed by atoms with E-state index in [4.69, 9.17) is 4.74 Å². The Morgan fingerprint density at radius 2 is 1.73 bits per heavy atom. The summed E-state index contributed by atoms with van der Waals surface area (Å²) in [7, 11) is 1.83. The molecule has 1 fully saturated rings. The smallest absolute Gasteiger partial charge is 0.258 e. The van der Waals surface area contributed by atoms with Crippen LogP contribution in [0, 0.1) is 0 Å². The summed E-state index contributed by atoms with van der Waals surface area (Å²) < 4.78 is 7.89. The maximum Gasteiger partial charge on any atom is 0.258 e. The van der Waals surface area contributed by atoms with Crippen LogP contribution >= 0.6 is 0 Å². The molecule has 0 saturated carbocycles. The predicted molar refractivity (Wildman–Crippen MR) is 107 cm³/mol. The number of aromatic nitrogens is 1. The Balaban J connectivity index is 1.60. The van der Waals surface area contributed by atoms with Gasteiger partial charge in [0.2, 0.25) is 0 Å². The van der Waals surface area contributed by atoms with Crippen molar-refractivity contribution in [3.63, 3.8) is 0 Å². The number of rotatable bonds is 5. The molecule has 0 spiro atoms. The van der Waals surface area contributed by atoms with Gasteiger partial charge in [0.05, 0.1) is 12.1 Å². The fourth-order valence-corrected chi connectivity index (χ4v) is 4.02. The van der Waals surface area contributed by atoms with Crippen molar-refractivity contribution in [3.8, 4) is 5.75 Å². The Morgan fingerprint density at radius 3 is 2.54 bits per heavy atom. The molecule has 0 radical (unpaired) electrons. The van der Waals surface area contributed by atoms with Crippen molar-refractivity contribution >= 4 is 21.7 Å². The fourth-order valence-electron chi connectivity index (χ4n) is 4.02. The highest BCUT2D eigenvalue weighted by Crippen LogP contribution is 2.31. The van der Waals surface area contributed by atoms with E-state index in [1.54, 1.807) is 4.57 Å². The summed E-state index contributed by atoms with van der Waals surface area (Å²) in [5.74, 6) is 0.868. The zero-order valence-corrected chi connectivity index (χ0v) is 15.4. The third kappa shape index (κ3) is 3.21. The molecule has 1 aromatic heterocycles. The molecule has 1 aliphatic rings. The van der Waals surface area contributed by atoms with E-state index in [1.807, 2.05) is 49.5 Å². The zero-order chi connectivity index (χ0) is 17.9. The second-order valence-corrected chi connectivity index (χ2v) is 7.16. The summed E-state index contributed by atoms with van der Waals surface area (Å²) in [6.45, 7) is 4.25. The van der Waals surface area contributed by atoms with E-state index >= 15 is 0 Å². The Labute approximate surface area is 154 Å². The molecular formula is C22H26N2O2. The lowest BCUT2D eigenvalue weighted by atomic mass is 10.1. The Kier molecular flexibility index (Phi) is 4.93. The summed E-state index contributed by atoms with van der Waals surface area (Å²) in [6.07, 6.45) is 5.04. The molecular weight excluding hydrogens is 324 g/mol. The van der Waals surface area contributed by atoms with Crippen molar-refractivity contribution in [2.24, 2.45) is 7.05 Å². The van der Waals surface area contributed by atoms with Crippen molar-refractivity contribution in [2.45, 2.75) is 25.7 Å². The molecule has 0 atom stereocenters. The molecule has 0 N–H and O–H groups in total. The highest BCUT2D eigenvalue weighted by atomic mass is 16.5. The normalized spacial score (nSPS) is 15.6. The molecule has 1 saturated heterocycles. The first kappa shape index (κ1) is 17.1. The Morgan fingerprint density at radius 1 is 0.962 bits per heavy atom. The molecule has 0 bridgehead atoms. The number of piperidine rings is 1. The molecule has 4 heteroatoms. The number of fused-ring (bicyclic) bond motifs is 3. The monoisotopic (exact) mass is 350 g/mol. The summed E-state index contributed by atoms with van der Waals surface area (Å²) in [5.41, 5.74) is 0.956. The number of hydrogen-bond acceptors (Lipinski definition) is 3. The highest BCUT2D eigenvalue weighted by molar-refractivity contribution is 6.08. The van der Waals surface area contributed by atoms with E-state index in [-0.39, 0.29) is 5.56 Å². The van der Waals surface area contributed by atoms with Gasteiger partial charge >= 0.3 is 0 Å². The van der Waals surface area contributed by atoms with Crippen LogP contribution in [0.5, 0.6) is 5.75 Å². The standard InChI is InChI=1S/C22H26N2O2/c1-23-19-11-7-12-20(26-16-8-15-24-13-5-2-6-14-24)21(19)17-9-3-4-10-18(17)22(23)25/h3-4,7,9-12H,2,5-6,8,13-16H2,1H3. The lowest BCUT2D eigenvalue weighted by Crippen LogP contribution is -2.31. The van der Waals surface area contributed by atoms with Gasteiger partial charge in [0.25, 0.3) is 5.56 Å². The minimum absolute atomic E-state index is 0.0374. The molecule has 4 rings (SSSR count). The number of likely N-dealkylation sites (tertiary alicyclic amines) is 1. The van der Waals surface area contributed by atoms with Gasteiger partial charge in [-0.1, -0.05) is 30.7 Å². The predicted octanol–water partition coefficient (Wildman–Crippen LogP) is 3.95. The molecule has 0 aliphatic carbocycles. The van der Waals surface area contributed by atoms with Crippen LogP contribution in [0.4, 0.5) is 0 Å². The third-order valence-corrected chi connectivity index (χ3v) is 5.42. The van der Waals surface area contributed by atoms with Crippen molar-refractivity contribution in [1.82, 2.24) is 9.47 Å². The van der Waals surface area contributed by atoms with E-state index in [2.05, 4.69) is 4.90 Å². The minimum atomic E-state index is 0.0374. The number of benzene rings is 2. The molecule has 2 heterocycles. The van der Waals surface area contributed by atoms with E-state index in [0.29, 0.717) is 6.61 Å². The topological polar surface area (TPSA) is 34.5 Å². The van der Waals surface area contributed by atoms with Gasteiger partial charge in [-0.2, -0.15) is 0 Å². The van der Waals surface area contributed by atoms with Gasteiger partial charge in [0.1, 0.15) is 5.75 Å². The van der Waals surface area contributed by atoms with Crippen molar-refractivity contribution in [1.29, 1.82) is 0 Å². The van der Waals surface area contributed by atoms with Crippen LogP contribution in [0.15, 0.2) is 47.3 Å². The largest absolute Gasteiger partial charge is 0.493 e. The summed E-state index contributed by atoms with van der Waals surface area (Å²) in [4.78, 5) is 15.1. The van der Waals surface area contributed by atoms with Crippen molar-refractivity contribution in [2.75, 3.05) is 26.2 Å². The maximum atomic E-state index is 12.6. The fraction of sp³-hybridized carbons (Fsp3) is 0.409. The van der Waals surface area contributed by atoms with Crippen LogP contribution in [-0.2, 0) is 7.05 Å². The highest BCUT2D eigenvalue weighted by Gasteiger charge is 2.13. The second kappa shape index (κ2) is 7.50. The second-order valence-electron chi connectivity index (χ2n) is 7.16. The van der Waals surface area contributed by atoms with Crippen LogP contribution in [0.2, 0.25) is 0 Å². The van der Waals surface area contributed by atoms with Crippen LogP contribution in [-0.4, -0.2) is 35.7 Å². The first-order valence-corrected chi connectivity index (χ1v) is 9.61. The molecule has 4 nitrogen and oxygen atoms in total. The lowest BCUT2D eigenvalue weighted by molar-refractivity contribution is 0.205. The van der Waals surface area contributed by atoms with E-state index in [1.165, 1.54) is 32.4 Å². The van der Waals surface area contributed by atoms with Crippen LogP contribution < -0.4 is 10.3 Å². The zero-order valence-electron chi connectivity index (χ0n) is 15.4. The number of ether oxygens (including phenoxy) is 1. The molecule has 0 amide bonds. The Hall–Kier alpha value is -2.33. The summed E-state index contributed by atoms with van der Waals surface area (Å²) >= 11 is 0. The first-order valence-electron chi connectivity index (χ1n) is 9.61. The molecule has 1 aliphatic heterocycles. The molecule has 3 aromatic rings. The summed E-state index contributed by atoms with van der Waals surface area (Å²) in [6, 6.07) is 13.8. The average Bonchev–Trinajstić information content (AvgIpc) is 2.70. The van der Waals surface area contributed by atoms with E-state index in [9.17, 15) is 4.79 Å². The van der Waals surface area contributed by atoms with Gasteiger partial charge in [-0.3, -0.25) is 4.79 Å². The van der Waals surface area contributed by atoms with Gasteiger partial charge in [0, 0.05) is 29.8 Å². The van der Waals surface area contributed by atoms with E-state index in [0.717, 1.165) is 40.4 Å². The van der Waals surface area contributed by atoms with Gasteiger partial charge in [-0.25, -0.2) is 0 Å². The number of hydrogen-bond donors (Lipinski definition) is 0. The number of aryl methyl sites for hydroxylation is 1. The van der Waals surface area contributed by atoms with Gasteiger partial charge in [0.15, 0.2) is 0 Å². The summed E-state index contributed by atoms with van der Waals surface area (Å²) in [5, 5.41) is 2.74. The number of pyridine rings is 1. The average molecular weight is 350 g/mol. The first-order chi connectivity index (χ1) is 12.8. The lowest BCUT2D eigenvalue weighted by Gasteiger charge is -2.26. The van der Waals surface area contributed by atoms with Crippen LogP contribution in [0.25, 0.3) is 21.7 Å². The van der Waals surface area contributed by atoms with Crippen molar-refractivity contribution < 1.29 is 4.74 Å². The van der Waals surface area contributed by atoms with Crippen LogP contribution in [0.1, 0.15) is 25.7 Å². The maximum absolute atomic E-state index is 12.6. The van der Waals surface area contributed by atoms with Gasteiger partial charge < -0.3 is 14.2 Å². The van der Waals surface area contributed by atoms with E-state index < -0.39 is 0 Å². The molecule has 2 aromatic carbocycles.